The second-order valence-corrected chi connectivity index (χ2v) is 3.29. The second-order valence-electron chi connectivity index (χ2n) is 3.29. The third-order valence-corrected chi connectivity index (χ3v) is 2.21. The zero-order valence-corrected chi connectivity index (χ0v) is 9.10. The van der Waals surface area contributed by atoms with Crippen LogP contribution in [0.25, 0.3) is 0 Å². The Bertz CT molecular complexity index is 322. The fourth-order valence-electron chi connectivity index (χ4n) is 1.33. The number of aliphatic hydroxyl groups is 2. The molecule has 0 spiro atoms. The van der Waals surface area contributed by atoms with Crippen LogP contribution in [0.3, 0.4) is 0 Å². The number of rotatable bonds is 4. The van der Waals surface area contributed by atoms with Gasteiger partial charge in [0.25, 0.3) is 0 Å². The first-order chi connectivity index (χ1) is 7.10. The van der Waals surface area contributed by atoms with Crippen molar-refractivity contribution < 1.29 is 19.7 Å². The van der Waals surface area contributed by atoms with Crippen molar-refractivity contribution in [2.75, 3.05) is 14.2 Å². The average molecular weight is 212 g/mol. The van der Waals surface area contributed by atoms with Crippen LogP contribution in [0.2, 0.25) is 0 Å². The van der Waals surface area contributed by atoms with E-state index in [-0.39, 0.29) is 0 Å². The molecule has 0 aliphatic carbocycles. The molecule has 84 valence electrons. The van der Waals surface area contributed by atoms with Crippen molar-refractivity contribution in [3.05, 3.63) is 23.8 Å². The van der Waals surface area contributed by atoms with E-state index in [1.165, 1.54) is 14.0 Å². The molecule has 1 rings (SSSR count). The Balaban J connectivity index is 3.11. The first-order valence-corrected chi connectivity index (χ1v) is 4.68. The SMILES string of the molecule is COc1ccc(OC)c(C(O)C(C)O)c1. The highest BCUT2D eigenvalue weighted by Crippen LogP contribution is 2.30. The van der Waals surface area contributed by atoms with Gasteiger partial charge in [0.2, 0.25) is 0 Å². The Morgan fingerprint density at radius 2 is 1.80 bits per heavy atom. The van der Waals surface area contributed by atoms with Gasteiger partial charge in [-0.25, -0.2) is 0 Å². The molecule has 4 heteroatoms. The summed E-state index contributed by atoms with van der Waals surface area (Å²) in [5.41, 5.74) is 0.520. The summed E-state index contributed by atoms with van der Waals surface area (Å²) >= 11 is 0. The van der Waals surface area contributed by atoms with Crippen LogP contribution in [0, 0.1) is 0 Å². The minimum absolute atomic E-state index is 0.520. The maximum Gasteiger partial charge on any atom is 0.125 e. The van der Waals surface area contributed by atoms with E-state index in [2.05, 4.69) is 0 Å². The van der Waals surface area contributed by atoms with Gasteiger partial charge < -0.3 is 19.7 Å². The van der Waals surface area contributed by atoms with Crippen molar-refractivity contribution in [3.63, 3.8) is 0 Å². The van der Waals surface area contributed by atoms with E-state index in [0.717, 1.165) is 0 Å². The monoisotopic (exact) mass is 212 g/mol. The van der Waals surface area contributed by atoms with E-state index in [1.54, 1.807) is 25.3 Å². The zero-order valence-electron chi connectivity index (χ0n) is 9.10. The van der Waals surface area contributed by atoms with Crippen LogP contribution in [-0.2, 0) is 0 Å². The van der Waals surface area contributed by atoms with Gasteiger partial charge in [-0.3, -0.25) is 0 Å². The van der Waals surface area contributed by atoms with Crippen molar-refractivity contribution in [3.8, 4) is 11.5 Å². The normalized spacial score (nSPS) is 14.5. The van der Waals surface area contributed by atoms with E-state index in [4.69, 9.17) is 9.47 Å². The van der Waals surface area contributed by atoms with Crippen molar-refractivity contribution >= 4 is 0 Å². The number of ether oxygens (including phenoxy) is 2. The minimum atomic E-state index is -0.977. The van der Waals surface area contributed by atoms with Crippen molar-refractivity contribution in [1.82, 2.24) is 0 Å². The van der Waals surface area contributed by atoms with Crippen molar-refractivity contribution in [2.45, 2.75) is 19.1 Å². The van der Waals surface area contributed by atoms with Crippen LogP contribution in [0.5, 0.6) is 11.5 Å². The van der Waals surface area contributed by atoms with Crippen molar-refractivity contribution in [1.29, 1.82) is 0 Å². The molecule has 0 saturated heterocycles. The lowest BCUT2D eigenvalue weighted by Crippen LogP contribution is -2.14. The number of hydrogen-bond acceptors (Lipinski definition) is 4. The summed E-state index contributed by atoms with van der Waals surface area (Å²) in [6, 6.07) is 5.08. The quantitative estimate of drug-likeness (QED) is 0.785. The van der Waals surface area contributed by atoms with Crippen LogP contribution in [0.1, 0.15) is 18.6 Å². The Kier molecular flexibility index (Phi) is 3.94. The highest BCUT2D eigenvalue weighted by atomic mass is 16.5. The molecule has 0 fully saturated rings. The molecule has 0 heterocycles. The summed E-state index contributed by atoms with van der Waals surface area (Å²) in [4.78, 5) is 0. The van der Waals surface area contributed by atoms with E-state index in [9.17, 15) is 10.2 Å². The summed E-state index contributed by atoms with van der Waals surface area (Å²) < 4.78 is 10.1. The van der Waals surface area contributed by atoms with Crippen LogP contribution >= 0.6 is 0 Å². The first-order valence-electron chi connectivity index (χ1n) is 4.68. The van der Waals surface area contributed by atoms with E-state index in [1.807, 2.05) is 0 Å². The van der Waals surface area contributed by atoms with Gasteiger partial charge in [-0.2, -0.15) is 0 Å². The Morgan fingerprint density at radius 3 is 2.27 bits per heavy atom. The predicted molar refractivity (Wildman–Crippen MR) is 56.2 cm³/mol. The molecule has 0 aliphatic heterocycles. The van der Waals surface area contributed by atoms with Crippen molar-refractivity contribution in [2.24, 2.45) is 0 Å². The van der Waals surface area contributed by atoms with Gasteiger partial charge in [-0.05, 0) is 25.1 Å². The Labute approximate surface area is 89.1 Å². The average Bonchev–Trinajstić information content (AvgIpc) is 2.27. The third kappa shape index (κ3) is 2.61. The summed E-state index contributed by atoms with van der Waals surface area (Å²) in [5, 5.41) is 19.1. The third-order valence-electron chi connectivity index (χ3n) is 2.21. The van der Waals surface area contributed by atoms with E-state index >= 15 is 0 Å². The van der Waals surface area contributed by atoms with Gasteiger partial charge in [0.1, 0.15) is 17.6 Å². The second kappa shape index (κ2) is 5.00. The topological polar surface area (TPSA) is 58.9 Å². The van der Waals surface area contributed by atoms with Crippen LogP contribution in [0.15, 0.2) is 18.2 Å². The lowest BCUT2D eigenvalue weighted by atomic mass is 10.0. The Hall–Kier alpha value is -1.26. The molecule has 0 bridgehead atoms. The summed E-state index contributed by atoms with van der Waals surface area (Å²) in [6.45, 7) is 1.52. The van der Waals surface area contributed by atoms with Gasteiger partial charge in [-0.15, -0.1) is 0 Å². The van der Waals surface area contributed by atoms with E-state index < -0.39 is 12.2 Å². The fourth-order valence-corrected chi connectivity index (χ4v) is 1.33. The molecular weight excluding hydrogens is 196 g/mol. The highest BCUT2D eigenvalue weighted by Gasteiger charge is 2.18. The number of benzene rings is 1. The summed E-state index contributed by atoms with van der Waals surface area (Å²) in [6.07, 6.45) is -1.83. The maximum absolute atomic E-state index is 9.74. The molecule has 0 radical (unpaired) electrons. The molecule has 1 aromatic carbocycles. The molecule has 2 N–H and O–H groups in total. The standard InChI is InChI=1S/C11H16O4/c1-7(12)11(13)9-6-8(14-2)4-5-10(9)15-3/h4-7,11-13H,1-3H3. The smallest absolute Gasteiger partial charge is 0.125 e. The van der Waals surface area contributed by atoms with Gasteiger partial charge >= 0.3 is 0 Å². The van der Waals surface area contributed by atoms with Gasteiger partial charge in [0.15, 0.2) is 0 Å². The van der Waals surface area contributed by atoms with Gasteiger partial charge in [0, 0.05) is 5.56 Å². The molecule has 2 atom stereocenters. The van der Waals surface area contributed by atoms with Gasteiger partial charge in [0.05, 0.1) is 20.3 Å². The molecule has 0 amide bonds. The number of methoxy groups -OCH3 is 2. The zero-order chi connectivity index (χ0) is 11.4. The summed E-state index contributed by atoms with van der Waals surface area (Å²) in [7, 11) is 3.06. The number of aliphatic hydroxyl groups excluding tert-OH is 2. The lowest BCUT2D eigenvalue weighted by molar-refractivity contribution is 0.0289. The van der Waals surface area contributed by atoms with E-state index in [0.29, 0.717) is 17.1 Å². The molecule has 0 aliphatic rings. The minimum Gasteiger partial charge on any atom is -0.497 e. The molecular formula is C11H16O4. The van der Waals surface area contributed by atoms with Crippen LogP contribution in [-0.4, -0.2) is 30.5 Å². The molecule has 1 aromatic rings. The first kappa shape index (κ1) is 11.8. The molecule has 0 saturated carbocycles. The largest absolute Gasteiger partial charge is 0.497 e. The molecule has 0 aromatic heterocycles. The molecule has 4 nitrogen and oxygen atoms in total. The molecule has 15 heavy (non-hydrogen) atoms. The highest BCUT2D eigenvalue weighted by molar-refractivity contribution is 5.41. The van der Waals surface area contributed by atoms with Gasteiger partial charge in [-0.1, -0.05) is 0 Å². The molecule has 2 unspecified atom stereocenters. The maximum atomic E-state index is 9.74. The summed E-state index contributed by atoms with van der Waals surface area (Å²) in [5.74, 6) is 1.15. The Morgan fingerprint density at radius 1 is 1.13 bits per heavy atom. The lowest BCUT2D eigenvalue weighted by Gasteiger charge is -2.17. The van der Waals surface area contributed by atoms with Crippen LogP contribution in [0.4, 0.5) is 0 Å². The number of hydrogen-bond donors (Lipinski definition) is 2. The fraction of sp³-hybridized carbons (Fsp3) is 0.455. The predicted octanol–water partition coefficient (Wildman–Crippen LogP) is 1.12. The van der Waals surface area contributed by atoms with Crippen LogP contribution < -0.4 is 9.47 Å².